The summed E-state index contributed by atoms with van der Waals surface area (Å²) in [6.45, 7) is 3.71. The van der Waals surface area contributed by atoms with Crippen LogP contribution in [0.5, 0.6) is 0 Å². The molecule has 0 bridgehead atoms. The van der Waals surface area contributed by atoms with Gasteiger partial charge in [0.05, 0.1) is 22.3 Å². The van der Waals surface area contributed by atoms with Crippen LogP contribution in [0.3, 0.4) is 0 Å². The van der Waals surface area contributed by atoms with Gasteiger partial charge in [0, 0.05) is 17.0 Å². The van der Waals surface area contributed by atoms with E-state index in [4.69, 9.17) is 0 Å². The van der Waals surface area contributed by atoms with Crippen LogP contribution >= 0.6 is 0 Å². The molecule has 1 aromatic heterocycles. The maximum Gasteiger partial charge on any atom is 0.255 e. The fourth-order valence-electron chi connectivity index (χ4n) is 2.54. The van der Waals surface area contributed by atoms with Gasteiger partial charge in [0.1, 0.15) is 0 Å². The number of sulfonamides is 1. The number of anilines is 1. The average molecular weight is 383 g/mol. The topological polar surface area (TPSA) is 88.2 Å². The van der Waals surface area contributed by atoms with Crippen molar-refractivity contribution < 1.29 is 13.2 Å². The van der Waals surface area contributed by atoms with E-state index in [1.807, 2.05) is 37.3 Å². The third-order valence-corrected chi connectivity index (χ3v) is 5.85. The van der Waals surface area contributed by atoms with Crippen molar-refractivity contribution in [1.82, 2.24) is 9.71 Å². The van der Waals surface area contributed by atoms with Gasteiger partial charge in [-0.3, -0.25) is 9.78 Å². The molecule has 1 amide bonds. The lowest BCUT2D eigenvalue weighted by Gasteiger charge is -2.12. The maximum absolute atomic E-state index is 12.4. The summed E-state index contributed by atoms with van der Waals surface area (Å²) in [5.41, 5.74) is 1.79. The van der Waals surface area contributed by atoms with E-state index >= 15 is 0 Å². The third kappa shape index (κ3) is 4.50. The first-order valence-electron chi connectivity index (χ1n) is 8.67. The van der Waals surface area contributed by atoms with E-state index in [-0.39, 0.29) is 16.8 Å². The number of carbonyl (C=O) groups excluding carboxylic acids is 1. The van der Waals surface area contributed by atoms with Crippen molar-refractivity contribution >= 4 is 32.5 Å². The Hall–Kier alpha value is -2.77. The predicted molar refractivity (Wildman–Crippen MR) is 106 cm³/mol. The Kier molecular flexibility index (Phi) is 5.53. The Morgan fingerprint density at radius 1 is 1.11 bits per heavy atom. The van der Waals surface area contributed by atoms with E-state index in [1.165, 1.54) is 24.3 Å². The molecule has 3 rings (SSSR count). The predicted octanol–water partition coefficient (Wildman–Crippen LogP) is 3.56. The molecule has 1 heterocycles. The molecule has 0 saturated heterocycles. The van der Waals surface area contributed by atoms with Crippen molar-refractivity contribution in [1.29, 1.82) is 0 Å². The summed E-state index contributed by atoms with van der Waals surface area (Å²) in [6, 6.07) is 15.2. The number of benzene rings is 2. The molecule has 140 valence electrons. The van der Waals surface area contributed by atoms with Crippen LogP contribution in [-0.4, -0.2) is 25.4 Å². The number of hydrogen-bond acceptors (Lipinski definition) is 4. The molecule has 6 nitrogen and oxygen atoms in total. The SMILES string of the molecule is CCC(C)NS(=O)(=O)c1ccc(C(=O)Nc2cnc3ccccc3c2)cc1. The number of aromatic nitrogens is 1. The van der Waals surface area contributed by atoms with E-state index in [1.54, 1.807) is 13.1 Å². The average Bonchev–Trinajstić information content (AvgIpc) is 2.67. The number of fused-ring (bicyclic) bond motifs is 1. The highest BCUT2D eigenvalue weighted by Gasteiger charge is 2.17. The standard InChI is InChI=1S/C20H21N3O3S/c1-3-14(2)23-27(25,26)18-10-8-15(9-11-18)20(24)22-17-12-16-6-4-5-7-19(16)21-13-17/h4-14,23H,3H2,1-2H3,(H,22,24). The van der Waals surface area contributed by atoms with Gasteiger partial charge in [0.25, 0.3) is 5.91 Å². The molecule has 2 aromatic carbocycles. The zero-order chi connectivity index (χ0) is 19.4. The fourth-order valence-corrected chi connectivity index (χ4v) is 3.87. The van der Waals surface area contributed by atoms with E-state index < -0.39 is 10.0 Å². The Morgan fingerprint density at radius 3 is 2.52 bits per heavy atom. The summed E-state index contributed by atoms with van der Waals surface area (Å²) >= 11 is 0. The highest BCUT2D eigenvalue weighted by molar-refractivity contribution is 7.89. The normalized spacial score (nSPS) is 12.7. The summed E-state index contributed by atoms with van der Waals surface area (Å²) < 4.78 is 27.1. The molecule has 27 heavy (non-hydrogen) atoms. The maximum atomic E-state index is 12.4. The quantitative estimate of drug-likeness (QED) is 0.681. The van der Waals surface area contributed by atoms with Crippen molar-refractivity contribution in [3.63, 3.8) is 0 Å². The second-order valence-corrected chi connectivity index (χ2v) is 8.04. The molecule has 1 atom stereocenters. The Balaban J connectivity index is 1.75. The van der Waals surface area contributed by atoms with Crippen molar-refractivity contribution in [2.75, 3.05) is 5.32 Å². The number of rotatable bonds is 6. The molecular weight excluding hydrogens is 362 g/mol. The summed E-state index contributed by atoms with van der Waals surface area (Å²) in [5, 5.41) is 3.71. The summed E-state index contributed by atoms with van der Waals surface area (Å²) in [4.78, 5) is 16.9. The first-order chi connectivity index (χ1) is 12.9. The van der Waals surface area contributed by atoms with Gasteiger partial charge in [-0.2, -0.15) is 0 Å². The van der Waals surface area contributed by atoms with E-state index in [0.29, 0.717) is 17.7 Å². The summed E-state index contributed by atoms with van der Waals surface area (Å²) in [6.07, 6.45) is 2.29. The number of amides is 1. The summed E-state index contributed by atoms with van der Waals surface area (Å²) in [5.74, 6) is -0.328. The van der Waals surface area contributed by atoms with Gasteiger partial charge in [-0.15, -0.1) is 0 Å². The van der Waals surface area contributed by atoms with Crippen LogP contribution in [0.25, 0.3) is 10.9 Å². The van der Waals surface area contributed by atoms with E-state index in [9.17, 15) is 13.2 Å². The van der Waals surface area contributed by atoms with Crippen molar-refractivity contribution in [2.24, 2.45) is 0 Å². The van der Waals surface area contributed by atoms with Gasteiger partial charge < -0.3 is 5.32 Å². The van der Waals surface area contributed by atoms with Crippen molar-refractivity contribution in [2.45, 2.75) is 31.2 Å². The van der Waals surface area contributed by atoms with Crippen LogP contribution in [0.2, 0.25) is 0 Å². The van der Waals surface area contributed by atoms with Gasteiger partial charge in [-0.1, -0.05) is 25.1 Å². The van der Waals surface area contributed by atoms with Gasteiger partial charge >= 0.3 is 0 Å². The fraction of sp³-hybridized carbons (Fsp3) is 0.200. The number of carbonyl (C=O) groups is 1. The van der Waals surface area contributed by atoms with Gasteiger partial charge in [0.15, 0.2) is 0 Å². The molecule has 0 spiro atoms. The van der Waals surface area contributed by atoms with Gasteiger partial charge in [-0.05, 0) is 49.7 Å². The first-order valence-corrected chi connectivity index (χ1v) is 10.2. The Labute approximate surface area is 158 Å². The van der Waals surface area contributed by atoms with Crippen LogP contribution in [0.15, 0.2) is 65.7 Å². The molecule has 0 saturated carbocycles. The molecule has 0 aliphatic carbocycles. The molecule has 0 fully saturated rings. The minimum absolute atomic E-state index is 0.131. The lowest BCUT2D eigenvalue weighted by molar-refractivity contribution is 0.102. The number of nitrogens with zero attached hydrogens (tertiary/aromatic N) is 1. The Bertz CT molecular complexity index is 1060. The van der Waals surface area contributed by atoms with Crippen LogP contribution in [0.1, 0.15) is 30.6 Å². The van der Waals surface area contributed by atoms with Crippen LogP contribution in [-0.2, 0) is 10.0 Å². The van der Waals surface area contributed by atoms with Crippen molar-refractivity contribution in [3.05, 3.63) is 66.4 Å². The van der Waals surface area contributed by atoms with Crippen LogP contribution < -0.4 is 10.0 Å². The lowest BCUT2D eigenvalue weighted by atomic mass is 10.2. The highest BCUT2D eigenvalue weighted by Crippen LogP contribution is 2.17. The smallest absolute Gasteiger partial charge is 0.255 e. The summed E-state index contributed by atoms with van der Waals surface area (Å²) in [7, 11) is -3.59. The minimum Gasteiger partial charge on any atom is -0.321 e. The zero-order valence-corrected chi connectivity index (χ0v) is 16.0. The van der Waals surface area contributed by atoms with Crippen LogP contribution in [0.4, 0.5) is 5.69 Å². The molecule has 3 aromatic rings. The molecule has 1 unspecified atom stereocenters. The lowest BCUT2D eigenvalue weighted by Crippen LogP contribution is -2.32. The number of pyridine rings is 1. The second-order valence-electron chi connectivity index (χ2n) is 6.33. The Morgan fingerprint density at radius 2 is 1.81 bits per heavy atom. The van der Waals surface area contributed by atoms with E-state index in [2.05, 4.69) is 15.0 Å². The second kappa shape index (κ2) is 7.85. The first kappa shape index (κ1) is 19.0. The van der Waals surface area contributed by atoms with E-state index in [0.717, 1.165) is 10.9 Å². The largest absolute Gasteiger partial charge is 0.321 e. The van der Waals surface area contributed by atoms with Gasteiger partial charge in [0.2, 0.25) is 10.0 Å². The zero-order valence-electron chi connectivity index (χ0n) is 15.1. The highest BCUT2D eigenvalue weighted by atomic mass is 32.2. The number of hydrogen-bond donors (Lipinski definition) is 2. The van der Waals surface area contributed by atoms with Crippen LogP contribution in [0, 0.1) is 0 Å². The number of para-hydroxylation sites is 1. The number of nitrogens with one attached hydrogen (secondary N) is 2. The molecule has 0 aliphatic heterocycles. The molecular formula is C20H21N3O3S. The molecule has 0 radical (unpaired) electrons. The van der Waals surface area contributed by atoms with Crippen molar-refractivity contribution in [3.8, 4) is 0 Å². The molecule has 0 aliphatic rings. The minimum atomic E-state index is -3.59. The molecule has 2 N–H and O–H groups in total. The van der Waals surface area contributed by atoms with Gasteiger partial charge in [-0.25, -0.2) is 13.1 Å². The molecule has 7 heteroatoms. The monoisotopic (exact) mass is 383 g/mol. The third-order valence-electron chi connectivity index (χ3n) is 4.24.